The highest BCUT2D eigenvalue weighted by Gasteiger charge is 2.56. The van der Waals surface area contributed by atoms with Crippen molar-refractivity contribution in [2.45, 2.75) is 55.2 Å². The van der Waals surface area contributed by atoms with Gasteiger partial charge in [0.25, 0.3) is 0 Å². The van der Waals surface area contributed by atoms with E-state index in [0.717, 1.165) is 6.42 Å². The van der Waals surface area contributed by atoms with Crippen LogP contribution in [0.4, 0.5) is 0 Å². The summed E-state index contributed by atoms with van der Waals surface area (Å²) in [5.74, 6) is 0. The van der Waals surface area contributed by atoms with Crippen molar-refractivity contribution in [2.75, 3.05) is 0 Å². The zero-order chi connectivity index (χ0) is 20.0. The van der Waals surface area contributed by atoms with Crippen LogP contribution in [0.1, 0.15) is 56.4 Å². The summed E-state index contributed by atoms with van der Waals surface area (Å²) in [6.07, 6.45) is 1.08. The molecule has 28 heavy (non-hydrogen) atoms. The van der Waals surface area contributed by atoms with Crippen LogP contribution < -0.4 is 0 Å². The Bertz CT molecular complexity index is 960. The molecule has 0 spiro atoms. The van der Waals surface area contributed by atoms with Crippen molar-refractivity contribution in [1.29, 1.82) is 0 Å². The third-order valence-corrected chi connectivity index (χ3v) is 8.83. The minimum Gasteiger partial charge on any atom is -0.0868 e. The normalized spacial score (nSPS) is 26.8. The number of hydrogen-bond acceptors (Lipinski definition) is 0. The summed E-state index contributed by atoms with van der Waals surface area (Å²) in [5, 5.41) is 0. The van der Waals surface area contributed by atoms with Crippen LogP contribution in [0.25, 0.3) is 0 Å². The number of alkyl halides is 1. The summed E-state index contributed by atoms with van der Waals surface area (Å²) in [6, 6.07) is 31.0. The molecule has 144 valence electrons. The van der Waals surface area contributed by atoms with E-state index >= 15 is 0 Å². The van der Waals surface area contributed by atoms with E-state index in [0.29, 0.717) is 4.83 Å². The first kappa shape index (κ1) is 19.5. The van der Waals surface area contributed by atoms with Crippen molar-refractivity contribution in [3.05, 3.63) is 107 Å². The predicted octanol–water partition coefficient (Wildman–Crippen LogP) is 7.40. The summed E-state index contributed by atoms with van der Waals surface area (Å²) < 4.78 is 0. The average molecular weight is 433 g/mol. The molecule has 3 aromatic carbocycles. The summed E-state index contributed by atoms with van der Waals surface area (Å²) in [7, 11) is 0. The topological polar surface area (TPSA) is 0 Å². The lowest BCUT2D eigenvalue weighted by molar-refractivity contribution is 0.309. The molecule has 3 unspecified atom stereocenters. The van der Waals surface area contributed by atoms with Gasteiger partial charge in [-0.3, -0.25) is 0 Å². The van der Waals surface area contributed by atoms with E-state index in [1.807, 2.05) is 0 Å². The Morgan fingerprint density at radius 1 is 0.750 bits per heavy atom. The molecule has 3 aromatic rings. The molecule has 0 saturated heterocycles. The van der Waals surface area contributed by atoms with Crippen LogP contribution in [0.3, 0.4) is 0 Å². The molecular weight excluding hydrogens is 404 g/mol. The lowest BCUT2D eigenvalue weighted by Gasteiger charge is -2.41. The van der Waals surface area contributed by atoms with Crippen molar-refractivity contribution in [1.82, 2.24) is 0 Å². The Kier molecular flexibility index (Phi) is 4.78. The molecule has 0 nitrogen and oxygen atoms in total. The maximum atomic E-state index is 4.23. The van der Waals surface area contributed by atoms with Gasteiger partial charge in [-0.25, -0.2) is 0 Å². The Hall–Kier alpha value is -1.86. The maximum Gasteiger partial charge on any atom is 0.0375 e. The second kappa shape index (κ2) is 6.88. The average Bonchev–Trinajstić information content (AvgIpc) is 2.89. The van der Waals surface area contributed by atoms with Gasteiger partial charge in [0.15, 0.2) is 0 Å². The first-order valence-corrected chi connectivity index (χ1v) is 11.1. The van der Waals surface area contributed by atoms with Crippen molar-refractivity contribution < 1.29 is 0 Å². The summed E-state index contributed by atoms with van der Waals surface area (Å²) in [5.41, 5.74) is 5.77. The molecule has 3 atom stereocenters. The highest BCUT2D eigenvalue weighted by molar-refractivity contribution is 9.09. The van der Waals surface area contributed by atoms with E-state index < -0.39 is 0 Å². The fraction of sp³-hybridized carbons (Fsp3) is 0.333. The van der Waals surface area contributed by atoms with Crippen molar-refractivity contribution >= 4 is 15.9 Å². The van der Waals surface area contributed by atoms with Gasteiger partial charge in [-0.2, -0.15) is 0 Å². The van der Waals surface area contributed by atoms with E-state index in [-0.39, 0.29) is 16.2 Å². The van der Waals surface area contributed by atoms with Gasteiger partial charge in [0.2, 0.25) is 0 Å². The monoisotopic (exact) mass is 432 g/mol. The smallest absolute Gasteiger partial charge is 0.0375 e. The van der Waals surface area contributed by atoms with Crippen LogP contribution in [-0.2, 0) is 16.2 Å². The predicted molar refractivity (Wildman–Crippen MR) is 123 cm³/mol. The van der Waals surface area contributed by atoms with E-state index in [9.17, 15) is 0 Å². The summed E-state index contributed by atoms with van der Waals surface area (Å²) in [4.78, 5) is 0.315. The van der Waals surface area contributed by atoms with Gasteiger partial charge < -0.3 is 0 Å². The number of hydrogen-bond donors (Lipinski definition) is 0. The molecule has 1 heteroatoms. The molecular formula is C27H29Br. The Labute approximate surface area is 178 Å². The first-order valence-electron chi connectivity index (χ1n) is 10.2. The Morgan fingerprint density at radius 3 is 1.86 bits per heavy atom. The SMILES string of the molecule is CC(C)(CC1(C)c2ccccc2C(C)(c2ccccc2)C1Br)c1ccccc1. The fourth-order valence-corrected chi connectivity index (χ4v) is 6.44. The number of fused-ring (bicyclic) bond motifs is 1. The van der Waals surface area contributed by atoms with Gasteiger partial charge in [-0.05, 0) is 34.1 Å². The molecule has 0 fully saturated rings. The van der Waals surface area contributed by atoms with Crippen molar-refractivity contribution in [3.8, 4) is 0 Å². The standard InChI is InChI=1S/C27H29Br/c1-25(2,20-13-7-5-8-14-20)19-26(3)22-17-11-12-18-23(22)27(4,24(26)28)21-15-9-6-10-16-21/h5-18,24H,19H2,1-4H3. The van der Waals surface area contributed by atoms with Crippen LogP contribution in [-0.4, -0.2) is 4.83 Å². The fourth-order valence-electron chi connectivity index (χ4n) is 5.52. The van der Waals surface area contributed by atoms with Gasteiger partial charge in [0.1, 0.15) is 0 Å². The molecule has 0 aromatic heterocycles. The second-order valence-corrected chi connectivity index (χ2v) is 10.2. The third-order valence-electron chi connectivity index (χ3n) is 6.91. The van der Waals surface area contributed by atoms with E-state index in [1.165, 1.54) is 22.3 Å². The quantitative estimate of drug-likeness (QED) is 0.376. The molecule has 1 aliphatic carbocycles. The highest BCUT2D eigenvalue weighted by atomic mass is 79.9. The van der Waals surface area contributed by atoms with Crippen LogP contribution in [0.2, 0.25) is 0 Å². The molecule has 0 bridgehead atoms. The molecule has 4 rings (SSSR count). The van der Waals surface area contributed by atoms with Crippen molar-refractivity contribution in [2.24, 2.45) is 0 Å². The second-order valence-electron chi connectivity index (χ2n) is 9.32. The minimum absolute atomic E-state index is 0.0283. The molecule has 0 aliphatic heterocycles. The molecule has 1 aliphatic rings. The van der Waals surface area contributed by atoms with E-state index in [2.05, 4.69) is 129 Å². The summed E-state index contributed by atoms with van der Waals surface area (Å²) >= 11 is 4.23. The molecule has 0 heterocycles. The zero-order valence-electron chi connectivity index (χ0n) is 17.2. The minimum atomic E-state index is -0.0562. The van der Waals surface area contributed by atoms with Crippen LogP contribution >= 0.6 is 15.9 Å². The molecule has 0 radical (unpaired) electrons. The zero-order valence-corrected chi connectivity index (χ0v) is 18.8. The number of rotatable bonds is 4. The molecule has 0 N–H and O–H groups in total. The Balaban J connectivity index is 1.84. The third kappa shape index (κ3) is 2.87. The van der Waals surface area contributed by atoms with Gasteiger partial charge in [-0.15, -0.1) is 0 Å². The van der Waals surface area contributed by atoms with Crippen LogP contribution in [0.15, 0.2) is 84.9 Å². The van der Waals surface area contributed by atoms with E-state index in [4.69, 9.17) is 0 Å². The highest BCUT2D eigenvalue weighted by Crippen LogP contribution is 2.59. The van der Waals surface area contributed by atoms with Gasteiger partial charge in [0.05, 0.1) is 0 Å². The Morgan fingerprint density at radius 2 is 1.25 bits per heavy atom. The maximum absolute atomic E-state index is 4.23. The first-order chi connectivity index (χ1) is 13.3. The van der Waals surface area contributed by atoms with Crippen LogP contribution in [0.5, 0.6) is 0 Å². The molecule has 0 saturated carbocycles. The molecule has 0 amide bonds. The number of benzene rings is 3. The van der Waals surface area contributed by atoms with Gasteiger partial charge >= 0.3 is 0 Å². The van der Waals surface area contributed by atoms with Crippen molar-refractivity contribution in [3.63, 3.8) is 0 Å². The van der Waals surface area contributed by atoms with E-state index in [1.54, 1.807) is 0 Å². The largest absolute Gasteiger partial charge is 0.0868 e. The summed E-state index contributed by atoms with van der Waals surface area (Å²) in [6.45, 7) is 9.62. The lowest BCUT2D eigenvalue weighted by Crippen LogP contribution is -2.42. The lowest BCUT2D eigenvalue weighted by atomic mass is 9.66. The number of halogens is 1. The van der Waals surface area contributed by atoms with Crippen LogP contribution in [0, 0.1) is 0 Å². The van der Waals surface area contributed by atoms with Gasteiger partial charge in [-0.1, -0.05) is 129 Å². The van der Waals surface area contributed by atoms with Gasteiger partial charge in [0, 0.05) is 15.7 Å².